The lowest BCUT2D eigenvalue weighted by atomic mass is 9.61. The number of carbonyl (C=O) groups is 3. The third-order valence-corrected chi connectivity index (χ3v) is 8.45. The summed E-state index contributed by atoms with van der Waals surface area (Å²) < 4.78 is 0. The highest BCUT2D eigenvalue weighted by Crippen LogP contribution is 2.60. The van der Waals surface area contributed by atoms with Crippen LogP contribution in [0.1, 0.15) is 66.0 Å². The van der Waals surface area contributed by atoms with E-state index >= 15 is 0 Å². The first-order chi connectivity index (χ1) is 15.4. The predicted octanol–water partition coefficient (Wildman–Crippen LogP) is 6.59. The van der Waals surface area contributed by atoms with E-state index in [2.05, 4.69) is 18.2 Å². The van der Waals surface area contributed by atoms with Crippen molar-refractivity contribution in [2.24, 2.45) is 0 Å². The number of thioether (sulfide) groups is 3. The van der Waals surface area contributed by atoms with Crippen LogP contribution < -0.4 is 0 Å². The van der Waals surface area contributed by atoms with Crippen LogP contribution in [0.5, 0.6) is 0 Å². The fourth-order valence-electron chi connectivity index (χ4n) is 5.03. The summed E-state index contributed by atoms with van der Waals surface area (Å²) in [5.74, 6) is -0.123. The van der Waals surface area contributed by atoms with Crippen LogP contribution in [0.4, 0.5) is 0 Å². The molecule has 0 saturated heterocycles. The van der Waals surface area contributed by atoms with Gasteiger partial charge in [-0.15, -0.1) is 0 Å². The summed E-state index contributed by atoms with van der Waals surface area (Å²) in [5.41, 5.74) is 7.01. The van der Waals surface area contributed by atoms with Crippen molar-refractivity contribution in [3.63, 3.8) is 0 Å². The molecule has 6 heteroatoms. The highest BCUT2D eigenvalue weighted by atomic mass is 32.2. The second-order valence-electron chi connectivity index (χ2n) is 7.92. The summed E-state index contributed by atoms with van der Waals surface area (Å²) in [7, 11) is 0. The third-order valence-electron chi connectivity index (χ3n) is 5.86. The van der Waals surface area contributed by atoms with E-state index in [1.54, 1.807) is 20.8 Å². The SMILES string of the molecule is CC(=O)Sc1cccc2c1C1c3c(SC(C)=O)cccc3C2c2cccc(SC(C)=O)c21. The number of carbonyl (C=O) groups excluding carboxylic acids is 3. The maximum atomic E-state index is 12.1. The van der Waals surface area contributed by atoms with Crippen molar-refractivity contribution < 1.29 is 14.4 Å². The van der Waals surface area contributed by atoms with Gasteiger partial charge >= 0.3 is 0 Å². The maximum Gasteiger partial charge on any atom is 0.190 e. The molecule has 0 aliphatic heterocycles. The van der Waals surface area contributed by atoms with Gasteiger partial charge in [0.25, 0.3) is 0 Å². The van der Waals surface area contributed by atoms with Crippen molar-refractivity contribution in [1.82, 2.24) is 0 Å². The summed E-state index contributed by atoms with van der Waals surface area (Å²) in [5, 5.41) is 0.120. The van der Waals surface area contributed by atoms with Gasteiger partial charge in [0.05, 0.1) is 0 Å². The predicted molar refractivity (Wildman–Crippen MR) is 131 cm³/mol. The Morgan fingerprint density at radius 2 is 0.844 bits per heavy atom. The van der Waals surface area contributed by atoms with Gasteiger partial charge in [-0.05, 0) is 51.6 Å². The molecule has 160 valence electrons. The van der Waals surface area contributed by atoms with Gasteiger partial charge in [-0.2, -0.15) is 0 Å². The zero-order valence-corrected chi connectivity index (χ0v) is 20.2. The first-order valence-electron chi connectivity index (χ1n) is 10.3. The fraction of sp³-hybridized carbons (Fsp3) is 0.192. The van der Waals surface area contributed by atoms with Crippen LogP contribution in [0.15, 0.2) is 69.3 Å². The van der Waals surface area contributed by atoms with Crippen molar-refractivity contribution in [2.45, 2.75) is 47.3 Å². The van der Waals surface area contributed by atoms with Crippen molar-refractivity contribution in [3.8, 4) is 0 Å². The molecule has 6 rings (SSSR count). The molecule has 3 nitrogen and oxygen atoms in total. The maximum absolute atomic E-state index is 12.1. The van der Waals surface area contributed by atoms with E-state index in [1.165, 1.54) is 52.0 Å². The summed E-state index contributed by atoms with van der Waals surface area (Å²) in [6.07, 6.45) is 0. The second kappa shape index (κ2) is 8.25. The van der Waals surface area contributed by atoms with Crippen LogP contribution in [0, 0.1) is 0 Å². The van der Waals surface area contributed by atoms with E-state index < -0.39 is 0 Å². The molecule has 3 aliphatic rings. The van der Waals surface area contributed by atoms with Gasteiger partial charge in [0, 0.05) is 47.3 Å². The molecule has 0 aromatic heterocycles. The molecule has 0 radical (unpaired) electrons. The highest BCUT2D eigenvalue weighted by Gasteiger charge is 2.45. The van der Waals surface area contributed by atoms with Gasteiger partial charge in [0.15, 0.2) is 15.3 Å². The molecule has 0 spiro atoms. The molecule has 0 N–H and O–H groups in total. The minimum absolute atomic E-state index is 0.00697. The van der Waals surface area contributed by atoms with Crippen LogP contribution in [-0.4, -0.2) is 15.3 Å². The van der Waals surface area contributed by atoms with Crippen molar-refractivity contribution >= 4 is 50.6 Å². The summed E-state index contributed by atoms with van der Waals surface area (Å²) in [4.78, 5) is 39.1. The minimum Gasteiger partial charge on any atom is -0.287 e. The summed E-state index contributed by atoms with van der Waals surface area (Å²) >= 11 is 3.77. The molecule has 0 unspecified atom stereocenters. The van der Waals surface area contributed by atoms with Gasteiger partial charge in [-0.1, -0.05) is 71.7 Å². The standard InChI is InChI=1S/C26H20O3S3/c1-13(27)30-19-10-4-7-16-22-17-8-5-11-20(31-14(2)28)24(17)26(23(16)19)25-18(22)9-6-12-21(25)32-15(3)29/h4-12,22,26H,1-3H3. The van der Waals surface area contributed by atoms with Crippen LogP contribution in [0.25, 0.3) is 0 Å². The first kappa shape index (κ1) is 21.6. The summed E-state index contributed by atoms with van der Waals surface area (Å²) in [6.45, 7) is 4.75. The Morgan fingerprint density at radius 3 is 1.12 bits per heavy atom. The van der Waals surface area contributed by atoms with Gasteiger partial charge in [0.2, 0.25) is 0 Å². The Hall–Kier alpha value is -2.28. The van der Waals surface area contributed by atoms with E-state index in [4.69, 9.17) is 0 Å². The quantitative estimate of drug-likeness (QED) is 0.274. The molecule has 3 aliphatic carbocycles. The average molecular weight is 477 g/mol. The zero-order valence-electron chi connectivity index (χ0n) is 17.8. The Morgan fingerprint density at radius 1 is 0.531 bits per heavy atom. The van der Waals surface area contributed by atoms with E-state index in [0.29, 0.717) is 0 Å². The van der Waals surface area contributed by atoms with E-state index in [1.807, 2.05) is 36.4 Å². The number of hydrogen-bond acceptors (Lipinski definition) is 6. The van der Waals surface area contributed by atoms with E-state index in [-0.39, 0.29) is 27.2 Å². The third kappa shape index (κ3) is 3.45. The molecule has 0 fully saturated rings. The van der Waals surface area contributed by atoms with E-state index in [9.17, 15) is 14.4 Å². The molecular formula is C26H20O3S3. The van der Waals surface area contributed by atoms with Crippen LogP contribution in [-0.2, 0) is 14.4 Å². The average Bonchev–Trinajstić information content (AvgIpc) is 2.72. The molecule has 32 heavy (non-hydrogen) atoms. The lowest BCUT2D eigenvalue weighted by Crippen LogP contribution is -2.29. The molecule has 2 bridgehead atoms. The Kier molecular flexibility index (Phi) is 5.56. The summed E-state index contributed by atoms with van der Waals surface area (Å²) in [6, 6.07) is 18.5. The Bertz CT molecular complexity index is 1150. The fourth-order valence-corrected chi connectivity index (χ4v) is 7.44. The number of rotatable bonds is 3. The largest absolute Gasteiger partial charge is 0.287 e. The van der Waals surface area contributed by atoms with Gasteiger partial charge in [-0.25, -0.2) is 0 Å². The lowest BCUT2D eigenvalue weighted by molar-refractivity contribution is -0.109. The van der Waals surface area contributed by atoms with Gasteiger partial charge in [0.1, 0.15) is 0 Å². The first-order valence-corrected chi connectivity index (χ1v) is 12.8. The molecule has 0 atom stereocenters. The monoisotopic (exact) mass is 476 g/mol. The molecule has 0 amide bonds. The van der Waals surface area contributed by atoms with Gasteiger partial charge < -0.3 is 0 Å². The Labute approximate surface area is 199 Å². The Balaban J connectivity index is 1.85. The van der Waals surface area contributed by atoms with Crippen molar-refractivity contribution in [2.75, 3.05) is 0 Å². The number of hydrogen-bond donors (Lipinski definition) is 0. The topological polar surface area (TPSA) is 51.2 Å². The van der Waals surface area contributed by atoms with Crippen LogP contribution in [0.2, 0.25) is 0 Å². The molecule has 3 aromatic rings. The van der Waals surface area contributed by atoms with E-state index in [0.717, 1.165) is 31.4 Å². The molecule has 3 aromatic carbocycles. The lowest BCUT2D eigenvalue weighted by Gasteiger charge is -2.44. The normalized spacial score (nSPS) is 17.3. The van der Waals surface area contributed by atoms with Crippen molar-refractivity contribution in [1.29, 1.82) is 0 Å². The molecule has 0 heterocycles. The van der Waals surface area contributed by atoms with Crippen LogP contribution >= 0.6 is 35.3 Å². The highest BCUT2D eigenvalue weighted by molar-refractivity contribution is 8.14. The smallest absolute Gasteiger partial charge is 0.190 e. The van der Waals surface area contributed by atoms with Gasteiger partial charge in [-0.3, -0.25) is 14.4 Å². The molecule has 0 saturated carbocycles. The zero-order chi connectivity index (χ0) is 22.6. The molecular weight excluding hydrogens is 456 g/mol. The second-order valence-corrected chi connectivity index (χ2v) is 11.6. The van der Waals surface area contributed by atoms with Crippen LogP contribution in [0.3, 0.4) is 0 Å². The number of benzene rings is 3. The van der Waals surface area contributed by atoms with Crippen molar-refractivity contribution in [3.05, 3.63) is 88.0 Å². The minimum atomic E-state index is -0.130.